The summed E-state index contributed by atoms with van der Waals surface area (Å²) in [4.78, 5) is 0. The second-order valence-corrected chi connectivity index (χ2v) is 6.24. The van der Waals surface area contributed by atoms with E-state index in [9.17, 15) is 0 Å². The first-order chi connectivity index (χ1) is 9.78. The quantitative estimate of drug-likeness (QED) is 0.714. The minimum absolute atomic E-state index is 0.660. The molecule has 98 valence electrons. The van der Waals surface area contributed by atoms with E-state index in [4.69, 9.17) is 5.26 Å². The molecule has 3 aromatic rings. The number of rotatable bonds is 3. The van der Waals surface area contributed by atoms with Crippen molar-refractivity contribution in [3.63, 3.8) is 0 Å². The third-order valence-electron chi connectivity index (χ3n) is 3.13. The number of thiophene rings is 1. The van der Waals surface area contributed by atoms with Gasteiger partial charge in [-0.3, -0.25) is 0 Å². The summed E-state index contributed by atoms with van der Waals surface area (Å²) < 4.78 is 2.26. The zero-order valence-corrected chi connectivity index (χ0v) is 13.0. The molecule has 20 heavy (non-hydrogen) atoms. The molecule has 1 N–H and O–H groups in total. The lowest BCUT2D eigenvalue weighted by Crippen LogP contribution is -2.00. The number of nitrogens with zero attached hydrogens (tertiary/aromatic N) is 1. The summed E-state index contributed by atoms with van der Waals surface area (Å²) >= 11 is 5.18. The number of benzene rings is 2. The van der Waals surface area contributed by atoms with E-state index in [0.29, 0.717) is 5.56 Å². The SMILES string of the molecule is N#Cc1ccc(Br)cc1NCc1csc2ccccc12. The van der Waals surface area contributed by atoms with Crippen LogP contribution in [0.5, 0.6) is 0 Å². The van der Waals surface area contributed by atoms with E-state index in [1.54, 1.807) is 11.3 Å². The Morgan fingerprint density at radius 1 is 1.20 bits per heavy atom. The number of nitriles is 1. The van der Waals surface area contributed by atoms with E-state index in [1.165, 1.54) is 15.6 Å². The number of hydrogen-bond donors (Lipinski definition) is 1. The third-order valence-corrected chi connectivity index (χ3v) is 4.64. The number of halogens is 1. The molecule has 0 atom stereocenters. The van der Waals surface area contributed by atoms with Crippen molar-refractivity contribution in [2.45, 2.75) is 6.54 Å². The van der Waals surface area contributed by atoms with Crippen LogP contribution in [0.1, 0.15) is 11.1 Å². The van der Waals surface area contributed by atoms with Crippen LogP contribution in [0.3, 0.4) is 0 Å². The predicted octanol–water partition coefficient (Wildman–Crippen LogP) is 5.15. The van der Waals surface area contributed by atoms with E-state index in [-0.39, 0.29) is 0 Å². The molecule has 0 amide bonds. The fourth-order valence-electron chi connectivity index (χ4n) is 2.12. The lowest BCUT2D eigenvalue weighted by Gasteiger charge is -2.08. The minimum Gasteiger partial charge on any atom is -0.380 e. The van der Waals surface area contributed by atoms with Gasteiger partial charge < -0.3 is 5.32 Å². The van der Waals surface area contributed by atoms with Gasteiger partial charge in [-0.1, -0.05) is 34.1 Å². The van der Waals surface area contributed by atoms with Crippen LogP contribution < -0.4 is 5.32 Å². The molecule has 1 aromatic heterocycles. The molecule has 2 nitrogen and oxygen atoms in total. The average Bonchev–Trinajstić information content (AvgIpc) is 2.88. The van der Waals surface area contributed by atoms with Crippen LogP contribution >= 0.6 is 27.3 Å². The van der Waals surface area contributed by atoms with Crippen molar-refractivity contribution >= 4 is 43.0 Å². The molecule has 0 saturated carbocycles. The molecule has 1 heterocycles. The van der Waals surface area contributed by atoms with Crippen molar-refractivity contribution in [3.8, 4) is 6.07 Å². The van der Waals surface area contributed by atoms with Crippen LogP contribution in [0.4, 0.5) is 5.69 Å². The molecule has 0 bridgehead atoms. The molecule has 4 heteroatoms. The van der Waals surface area contributed by atoms with Crippen LogP contribution in [0, 0.1) is 11.3 Å². The summed E-state index contributed by atoms with van der Waals surface area (Å²) in [6.45, 7) is 0.717. The first-order valence-electron chi connectivity index (χ1n) is 6.16. The zero-order chi connectivity index (χ0) is 13.9. The molecule has 0 fully saturated rings. The van der Waals surface area contributed by atoms with Gasteiger partial charge in [-0.15, -0.1) is 11.3 Å². The Hall–Kier alpha value is -1.83. The van der Waals surface area contributed by atoms with E-state index in [0.717, 1.165) is 16.7 Å². The van der Waals surface area contributed by atoms with Crippen molar-refractivity contribution in [1.82, 2.24) is 0 Å². The third kappa shape index (κ3) is 2.55. The van der Waals surface area contributed by atoms with Gasteiger partial charge in [0.1, 0.15) is 6.07 Å². The standard InChI is InChI=1S/C16H11BrN2S/c17-13-6-5-11(8-18)15(7-13)19-9-12-10-20-16-4-2-1-3-14(12)16/h1-7,10,19H,9H2. The van der Waals surface area contributed by atoms with Crippen molar-refractivity contribution in [1.29, 1.82) is 5.26 Å². The topological polar surface area (TPSA) is 35.8 Å². The van der Waals surface area contributed by atoms with E-state index in [2.05, 4.69) is 57.0 Å². The monoisotopic (exact) mass is 342 g/mol. The molecule has 0 spiro atoms. The first-order valence-corrected chi connectivity index (χ1v) is 7.84. The Morgan fingerprint density at radius 2 is 2.05 bits per heavy atom. The Balaban J connectivity index is 1.87. The summed E-state index contributed by atoms with van der Waals surface area (Å²) in [6, 6.07) is 16.2. The number of nitrogens with one attached hydrogen (secondary N) is 1. The van der Waals surface area contributed by atoms with Gasteiger partial charge >= 0.3 is 0 Å². The molecule has 0 saturated heterocycles. The number of hydrogen-bond acceptors (Lipinski definition) is 3. The summed E-state index contributed by atoms with van der Waals surface area (Å²) in [5, 5.41) is 15.9. The first kappa shape index (κ1) is 13.2. The highest BCUT2D eigenvalue weighted by molar-refractivity contribution is 9.10. The van der Waals surface area contributed by atoms with Crippen LogP contribution in [0.25, 0.3) is 10.1 Å². The van der Waals surface area contributed by atoms with E-state index >= 15 is 0 Å². The van der Waals surface area contributed by atoms with E-state index < -0.39 is 0 Å². The maximum absolute atomic E-state index is 9.14. The van der Waals surface area contributed by atoms with Crippen molar-refractivity contribution in [2.75, 3.05) is 5.32 Å². The summed E-state index contributed by atoms with van der Waals surface area (Å²) in [5.41, 5.74) is 2.78. The van der Waals surface area contributed by atoms with Gasteiger partial charge in [-0.2, -0.15) is 5.26 Å². The lowest BCUT2D eigenvalue weighted by atomic mass is 10.1. The lowest BCUT2D eigenvalue weighted by molar-refractivity contribution is 1.17. The Kier molecular flexibility index (Phi) is 3.72. The molecule has 2 aromatic carbocycles. The highest BCUT2D eigenvalue weighted by Crippen LogP contribution is 2.27. The van der Waals surface area contributed by atoms with Gasteiger partial charge in [-0.25, -0.2) is 0 Å². The summed E-state index contributed by atoms with van der Waals surface area (Å²) in [7, 11) is 0. The van der Waals surface area contributed by atoms with Gasteiger partial charge in [0.05, 0.1) is 11.3 Å². The number of anilines is 1. The minimum atomic E-state index is 0.660. The Labute approximate surface area is 129 Å². The van der Waals surface area contributed by atoms with Gasteiger partial charge in [0.15, 0.2) is 0 Å². The van der Waals surface area contributed by atoms with Crippen molar-refractivity contribution in [2.24, 2.45) is 0 Å². The second-order valence-electron chi connectivity index (χ2n) is 4.41. The molecular formula is C16H11BrN2S. The van der Waals surface area contributed by atoms with Crippen LogP contribution in [-0.2, 0) is 6.54 Å². The van der Waals surface area contributed by atoms with Crippen molar-refractivity contribution in [3.05, 3.63) is 63.4 Å². The largest absolute Gasteiger partial charge is 0.380 e. The molecule has 0 aliphatic carbocycles. The average molecular weight is 343 g/mol. The van der Waals surface area contributed by atoms with E-state index in [1.807, 2.05) is 18.2 Å². The van der Waals surface area contributed by atoms with Crippen LogP contribution in [-0.4, -0.2) is 0 Å². The van der Waals surface area contributed by atoms with Gasteiger partial charge in [0.2, 0.25) is 0 Å². The maximum Gasteiger partial charge on any atom is 0.101 e. The molecule has 0 aliphatic heterocycles. The molecule has 0 radical (unpaired) electrons. The normalized spacial score (nSPS) is 10.4. The fourth-order valence-corrected chi connectivity index (χ4v) is 3.44. The zero-order valence-electron chi connectivity index (χ0n) is 10.6. The Morgan fingerprint density at radius 3 is 2.90 bits per heavy atom. The molecule has 3 rings (SSSR count). The smallest absolute Gasteiger partial charge is 0.101 e. The highest BCUT2D eigenvalue weighted by Gasteiger charge is 2.06. The fraction of sp³-hybridized carbons (Fsp3) is 0.0625. The van der Waals surface area contributed by atoms with Crippen LogP contribution in [0.15, 0.2) is 52.3 Å². The van der Waals surface area contributed by atoms with Gasteiger partial charge in [0, 0.05) is 15.7 Å². The Bertz CT molecular complexity index is 802. The summed E-state index contributed by atoms with van der Waals surface area (Å²) in [6.07, 6.45) is 0. The predicted molar refractivity (Wildman–Crippen MR) is 88.0 cm³/mol. The highest BCUT2D eigenvalue weighted by atomic mass is 79.9. The van der Waals surface area contributed by atoms with Gasteiger partial charge in [0.25, 0.3) is 0 Å². The van der Waals surface area contributed by atoms with Gasteiger partial charge in [-0.05, 0) is 40.6 Å². The number of fused-ring (bicyclic) bond motifs is 1. The maximum atomic E-state index is 9.14. The molecule has 0 unspecified atom stereocenters. The second kappa shape index (κ2) is 5.66. The van der Waals surface area contributed by atoms with Crippen LogP contribution in [0.2, 0.25) is 0 Å². The summed E-state index contributed by atoms with van der Waals surface area (Å²) in [5.74, 6) is 0. The molecule has 0 aliphatic rings. The molecular weight excluding hydrogens is 332 g/mol. The van der Waals surface area contributed by atoms with Crippen molar-refractivity contribution < 1.29 is 0 Å².